The second-order valence-corrected chi connectivity index (χ2v) is 15.5. The normalized spacial score (nSPS) is 10.8. The van der Waals surface area contributed by atoms with Gasteiger partial charge in [-0.1, -0.05) is 159 Å². The van der Waals surface area contributed by atoms with Crippen molar-refractivity contribution in [1.82, 2.24) is 0 Å². The van der Waals surface area contributed by atoms with E-state index in [9.17, 15) is 0 Å². The maximum atomic E-state index is 3.60. The van der Waals surface area contributed by atoms with Gasteiger partial charge in [-0.25, -0.2) is 0 Å². The zero-order chi connectivity index (χ0) is 36.0. The fourth-order valence-electron chi connectivity index (χ4n) is 5.81. The Hall–Kier alpha value is -2.32. The first-order valence-corrected chi connectivity index (χ1v) is 19.2. The summed E-state index contributed by atoms with van der Waals surface area (Å²) < 4.78 is 0. The van der Waals surface area contributed by atoms with Crippen molar-refractivity contribution in [2.45, 2.75) is 132 Å². The third-order valence-corrected chi connectivity index (χ3v) is 9.65. The van der Waals surface area contributed by atoms with Crippen LogP contribution in [-0.4, -0.2) is 15.0 Å². The topological polar surface area (TPSA) is 0 Å². The molecule has 0 aliphatic rings. The number of benzene rings is 3. The first-order chi connectivity index (χ1) is 22.7. The van der Waals surface area contributed by atoms with Crippen LogP contribution in [0, 0.1) is 27.2 Å². The molecule has 0 bridgehead atoms. The second-order valence-electron chi connectivity index (χ2n) is 14.7. The van der Waals surface area contributed by atoms with Gasteiger partial charge in [0.2, 0.25) is 0 Å². The summed E-state index contributed by atoms with van der Waals surface area (Å²) in [6.07, 6.45) is 6.88. The summed E-state index contributed by atoms with van der Waals surface area (Å²) in [6.45, 7) is 30.4. The molecular weight excluding hydrogens is 640 g/mol. The Bertz CT molecular complexity index is 1560. The van der Waals surface area contributed by atoms with Gasteiger partial charge in [0.1, 0.15) is 0 Å². The molecule has 0 amide bonds. The SMILES string of the molecule is C[CH-]CCC(=[SiH2])c1ccccc1.Cc1cc2c(C(C)C)cc(C(C)C)cc2[cH-]1.Cc1cc2c(C(C)C)cc(C(C)C)cc2[cH-]1.[CH2-]CCC.[Ti+4]. The zero-order valence-corrected chi connectivity index (χ0v) is 36.1. The van der Waals surface area contributed by atoms with Crippen LogP contribution in [0.2, 0.25) is 0 Å². The van der Waals surface area contributed by atoms with E-state index in [2.05, 4.69) is 175 Å². The molecule has 0 fully saturated rings. The quantitative estimate of drug-likeness (QED) is 0.106. The molecule has 5 aromatic carbocycles. The number of rotatable bonds is 9. The molecule has 262 valence electrons. The summed E-state index contributed by atoms with van der Waals surface area (Å²) in [5, 5.41) is 7.21. The molecule has 0 radical (unpaired) electrons. The van der Waals surface area contributed by atoms with E-state index < -0.39 is 0 Å². The van der Waals surface area contributed by atoms with Gasteiger partial charge in [-0.05, 0) is 39.1 Å². The van der Waals surface area contributed by atoms with Crippen molar-refractivity contribution in [1.29, 1.82) is 0 Å². The third kappa shape index (κ3) is 14.1. The fraction of sp³-hybridized carbons (Fsp3) is 0.426. The van der Waals surface area contributed by atoms with Crippen molar-refractivity contribution < 1.29 is 21.7 Å². The first kappa shape index (κ1) is 44.7. The molecule has 49 heavy (non-hydrogen) atoms. The van der Waals surface area contributed by atoms with Crippen LogP contribution in [-0.2, 0) is 21.7 Å². The van der Waals surface area contributed by atoms with Crippen molar-refractivity contribution in [2.75, 3.05) is 0 Å². The fourth-order valence-corrected chi connectivity index (χ4v) is 6.25. The molecule has 0 spiro atoms. The number of fused-ring (bicyclic) bond motifs is 2. The van der Waals surface area contributed by atoms with Gasteiger partial charge < -0.3 is 13.3 Å². The summed E-state index contributed by atoms with van der Waals surface area (Å²) in [5.41, 5.74) is 10.0. The van der Waals surface area contributed by atoms with Crippen molar-refractivity contribution in [3.63, 3.8) is 0 Å². The predicted octanol–water partition coefficient (Wildman–Crippen LogP) is 13.7. The zero-order valence-electron chi connectivity index (χ0n) is 33.1. The first-order valence-electron chi connectivity index (χ1n) is 18.5. The predicted molar refractivity (Wildman–Crippen MR) is 223 cm³/mol. The van der Waals surface area contributed by atoms with Gasteiger partial charge in [0.25, 0.3) is 0 Å². The van der Waals surface area contributed by atoms with Crippen molar-refractivity contribution in [3.05, 3.63) is 131 Å². The van der Waals surface area contributed by atoms with Gasteiger partial charge >= 0.3 is 21.7 Å². The van der Waals surface area contributed by atoms with E-state index in [-0.39, 0.29) is 21.7 Å². The molecule has 0 aromatic heterocycles. The minimum absolute atomic E-state index is 0. The Labute approximate surface area is 320 Å². The van der Waals surface area contributed by atoms with Gasteiger partial charge in [-0.3, -0.25) is 0 Å². The number of aryl methyl sites for hydroxylation is 2. The molecule has 0 atom stereocenters. The van der Waals surface area contributed by atoms with E-state index in [1.807, 2.05) is 9.85 Å². The molecule has 0 N–H and O–H groups in total. The molecule has 0 heterocycles. The second kappa shape index (κ2) is 22.5. The summed E-state index contributed by atoms with van der Waals surface area (Å²) in [5.74, 6) is 2.42. The van der Waals surface area contributed by atoms with E-state index in [1.165, 1.54) is 84.9 Å². The van der Waals surface area contributed by atoms with E-state index >= 15 is 0 Å². The van der Waals surface area contributed by atoms with Crippen LogP contribution in [0.5, 0.6) is 0 Å². The Morgan fingerprint density at radius 2 is 1.10 bits per heavy atom. The summed E-state index contributed by atoms with van der Waals surface area (Å²) in [4.78, 5) is 0. The van der Waals surface area contributed by atoms with Crippen molar-refractivity contribution in [2.24, 2.45) is 0 Å². The number of hydrogen-bond donors (Lipinski definition) is 0. The summed E-state index contributed by atoms with van der Waals surface area (Å²) in [6, 6.07) is 29.3. The average molecular weight is 707 g/mol. The Balaban J connectivity index is 0.000000348. The molecule has 0 saturated heterocycles. The molecule has 0 aliphatic carbocycles. The van der Waals surface area contributed by atoms with Gasteiger partial charge in [-0.15, -0.1) is 56.9 Å². The molecule has 5 aromatic rings. The maximum Gasteiger partial charge on any atom is 4.00 e. The van der Waals surface area contributed by atoms with Crippen molar-refractivity contribution >= 4 is 36.6 Å². The van der Waals surface area contributed by atoms with E-state index in [0.717, 1.165) is 6.42 Å². The van der Waals surface area contributed by atoms with Crippen LogP contribution in [0.4, 0.5) is 0 Å². The molecule has 0 aliphatic heterocycles. The van der Waals surface area contributed by atoms with Crippen LogP contribution in [0.1, 0.15) is 158 Å². The van der Waals surface area contributed by atoms with Gasteiger partial charge in [0.05, 0.1) is 0 Å². The van der Waals surface area contributed by atoms with Crippen LogP contribution in [0.3, 0.4) is 0 Å². The molecule has 0 nitrogen and oxygen atoms in total. The third-order valence-electron chi connectivity index (χ3n) is 8.89. The molecular formula is C47H66SiTi. The largest absolute Gasteiger partial charge is 4.00 e. The monoisotopic (exact) mass is 706 g/mol. The van der Waals surface area contributed by atoms with Crippen LogP contribution < -0.4 is 0 Å². The summed E-state index contributed by atoms with van der Waals surface area (Å²) >= 11 is 0. The number of hydrogen-bond acceptors (Lipinski definition) is 0. The minimum atomic E-state index is 0. The standard InChI is InChI=1S/2C16H21.C11H15Si.C4H9.Ti/c2*1-10(2)13-8-14-6-12(5)7-16(14)15(9-13)11(3)4;1-2-3-9-11(12)10-7-5-4-6-8-10;1-3-4-2;/h2*6-11H,1-5H3;2,4-8H,3,9,12H2,1H3;1,3-4H2,2H3;/q4*-1;+4. The Kier molecular flexibility index (Phi) is 20.5. The molecule has 0 saturated carbocycles. The van der Waals surface area contributed by atoms with Gasteiger partial charge in [-0.2, -0.15) is 31.9 Å². The van der Waals surface area contributed by atoms with Gasteiger partial charge in [0.15, 0.2) is 0 Å². The average Bonchev–Trinajstić information content (AvgIpc) is 3.63. The maximum absolute atomic E-state index is 3.60. The van der Waals surface area contributed by atoms with Crippen LogP contribution in [0.25, 0.3) is 21.5 Å². The van der Waals surface area contributed by atoms with E-state index in [1.54, 1.807) is 0 Å². The number of unbranched alkanes of at least 4 members (excludes halogenated alkanes) is 2. The van der Waals surface area contributed by atoms with E-state index in [4.69, 9.17) is 0 Å². The van der Waals surface area contributed by atoms with Gasteiger partial charge in [0, 0.05) is 0 Å². The summed E-state index contributed by atoms with van der Waals surface area (Å²) in [7, 11) is 2.00. The molecule has 5 rings (SSSR count). The van der Waals surface area contributed by atoms with Crippen LogP contribution in [0.15, 0.2) is 78.9 Å². The molecule has 0 unspecified atom stereocenters. The Morgan fingerprint density at radius 1 is 0.694 bits per heavy atom. The molecule has 2 heteroatoms. The van der Waals surface area contributed by atoms with E-state index in [0.29, 0.717) is 23.7 Å². The minimum Gasteiger partial charge on any atom is -0.343 e. The Morgan fingerprint density at radius 3 is 1.43 bits per heavy atom. The van der Waals surface area contributed by atoms with Crippen LogP contribution >= 0.6 is 0 Å². The smallest absolute Gasteiger partial charge is 0.343 e. The van der Waals surface area contributed by atoms with Crippen molar-refractivity contribution in [3.8, 4) is 0 Å².